The van der Waals surface area contributed by atoms with Gasteiger partial charge in [0.05, 0.1) is 0 Å². The molecule has 0 atom stereocenters. The molecule has 0 aromatic carbocycles. The Hall–Kier alpha value is -0.0800. The molecule has 1 fully saturated rings. The zero-order valence-electron chi connectivity index (χ0n) is 8.40. The van der Waals surface area contributed by atoms with E-state index in [0.717, 1.165) is 25.6 Å². The van der Waals surface area contributed by atoms with Crippen LogP contribution in [0, 0.1) is 11.3 Å². The smallest absolute Gasteiger partial charge is 0.00199 e. The van der Waals surface area contributed by atoms with Crippen molar-refractivity contribution in [2.75, 3.05) is 19.6 Å². The fourth-order valence-electron chi connectivity index (χ4n) is 1.37. The number of nitrogens with two attached hydrogens (primary N) is 1. The van der Waals surface area contributed by atoms with Crippen molar-refractivity contribution in [2.24, 2.45) is 17.1 Å². The van der Waals surface area contributed by atoms with E-state index in [1.807, 2.05) is 0 Å². The van der Waals surface area contributed by atoms with Gasteiger partial charge in [0.25, 0.3) is 0 Å². The fourth-order valence-corrected chi connectivity index (χ4v) is 1.37. The van der Waals surface area contributed by atoms with E-state index in [4.69, 9.17) is 5.73 Å². The van der Waals surface area contributed by atoms with Crippen molar-refractivity contribution in [1.29, 1.82) is 0 Å². The summed E-state index contributed by atoms with van der Waals surface area (Å²) in [5, 5.41) is 3.49. The lowest BCUT2D eigenvalue weighted by molar-refractivity contribution is 0.446. The summed E-state index contributed by atoms with van der Waals surface area (Å²) in [6.07, 6.45) is 3.94. The first-order valence-corrected chi connectivity index (χ1v) is 5.09. The number of rotatable bonds is 6. The molecule has 0 spiro atoms. The lowest BCUT2D eigenvalue weighted by Gasteiger charge is -2.13. The van der Waals surface area contributed by atoms with Gasteiger partial charge in [0, 0.05) is 6.54 Å². The minimum Gasteiger partial charge on any atom is -0.330 e. The number of nitrogens with one attached hydrogen (secondary N) is 1. The van der Waals surface area contributed by atoms with Crippen molar-refractivity contribution in [3.8, 4) is 0 Å². The van der Waals surface area contributed by atoms with Crippen molar-refractivity contribution in [3.05, 3.63) is 0 Å². The molecule has 0 saturated heterocycles. The zero-order chi connectivity index (χ0) is 9.03. The van der Waals surface area contributed by atoms with Gasteiger partial charge in [-0.25, -0.2) is 0 Å². The molecular formula is C10H22N2. The molecule has 0 aromatic rings. The van der Waals surface area contributed by atoms with Crippen molar-refractivity contribution in [3.63, 3.8) is 0 Å². The molecule has 0 heterocycles. The first kappa shape index (κ1) is 10.0. The standard InChI is InChI=1S/C10H22N2/c1-9(2)3-6-12-8-10(7-11)4-5-10/h9,12H,3-8,11H2,1-2H3. The van der Waals surface area contributed by atoms with E-state index in [-0.39, 0.29) is 0 Å². The van der Waals surface area contributed by atoms with Gasteiger partial charge in [0.15, 0.2) is 0 Å². The Bertz CT molecular complexity index is 128. The second-order valence-corrected chi connectivity index (χ2v) is 4.56. The van der Waals surface area contributed by atoms with Gasteiger partial charge in [0.2, 0.25) is 0 Å². The monoisotopic (exact) mass is 170 g/mol. The lowest BCUT2D eigenvalue weighted by atomic mass is 10.1. The second-order valence-electron chi connectivity index (χ2n) is 4.56. The van der Waals surface area contributed by atoms with Crippen LogP contribution in [0.15, 0.2) is 0 Å². The predicted octanol–water partition coefficient (Wildman–Crippen LogP) is 1.36. The Morgan fingerprint density at radius 1 is 1.42 bits per heavy atom. The van der Waals surface area contributed by atoms with E-state index in [1.165, 1.54) is 19.3 Å². The van der Waals surface area contributed by atoms with Gasteiger partial charge in [-0.05, 0) is 43.7 Å². The highest BCUT2D eigenvalue weighted by Crippen LogP contribution is 2.43. The summed E-state index contributed by atoms with van der Waals surface area (Å²) < 4.78 is 0. The summed E-state index contributed by atoms with van der Waals surface area (Å²) in [5.41, 5.74) is 6.17. The Kier molecular flexibility index (Phi) is 3.53. The Morgan fingerprint density at radius 3 is 2.50 bits per heavy atom. The Balaban J connectivity index is 1.95. The molecule has 12 heavy (non-hydrogen) atoms. The summed E-state index contributed by atoms with van der Waals surface area (Å²) in [6, 6.07) is 0. The van der Waals surface area contributed by atoms with Crippen molar-refractivity contribution in [2.45, 2.75) is 33.1 Å². The van der Waals surface area contributed by atoms with Crippen LogP contribution in [-0.2, 0) is 0 Å². The third-order valence-electron chi connectivity index (χ3n) is 2.79. The molecule has 1 aliphatic rings. The minimum absolute atomic E-state index is 0.497. The largest absolute Gasteiger partial charge is 0.330 e. The lowest BCUT2D eigenvalue weighted by Crippen LogP contribution is -2.30. The fraction of sp³-hybridized carbons (Fsp3) is 1.00. The van der Waals surface area contributed by atoms with Crippen LogP contribution in [0.3, 0.4) is 0 Å². The molecule has 2 heteroatoms. The van der Waals surface area contributed by atoms with Crippen LogP contribution in [0.2, 0.25) is 0 Å². The molecular weight excluding hydrogens is 148 g/mol. The van der Waals surface area contributed by atoms with Gasteiger partial charge in [0.1, 0.15) is 0 Å². The van der Waals surface area contributed by atoms with Crippen LogP contribution in [-0.4, -0.2) is 19.6 Å². The van der Waals surface area contributed by atoms with E-state index >= 15 is 0 Å². The maximum absolute atomic E-state index is 5.67. The highest BCUT2D eigenvalue weighted by atomic mass is 14.9. The van der Waals surface area contributed by atoms with E-state index in [9.17, 15) is 0 Å². The van der Waals surface area contributed by atoms with Crippen LogP contribution in [0.1, 0.15) is 33.1 Å². The summed E-state index contributed by atoms with van der Waals surface area (Å²) >= 11 is 0. The maximum atomic E-state index is 5.67. The van der Waals surface area contributed by atoms with Crippen LogP contribution in [0.25, 0.3) is 0 Å². The van der Waals surface area contributed by atoms with E-state index in [2.05, 4.69) is 19.2 Å². The molecule has 0 bridgehead atoms. The molecule has 0 radical (unpaired) electrons. The molecule has 1 aliphatic carbocycles. The first-order chi connectivity index (χ1) is 5.68. The molecule has 3 N–H and O–H groups in total. The molecule has 1 saturated carbocycles. The number of hydrogen-bond acceptors (Lipinski definition) is 2. The summed E-state index contributed by atoms with van der Waals surface area (Å²) in [7, 11) is 0. The third kappa shape index (κ3) is 3.11. The van der Waals surface area contributed by atoms with Gasteiger partial charge in [-0.3, -0.25) is 0 Å². The average molecular weight is 170 g/mol. The third-order valence-corrected chi connectivity index (χ3v) is 2.79. The molecule has 0 amide bonds. The van der Waals surface area contributed by atoms with Gasteiger partial charge in [-0.2, -0.15) is 0 Å². The molecule has 0 unspecified atom stereocenters. The average Bonchev–Trinajstić information content (AvgIpc) is 2.79. The van der Waals surface area contributed by atoms with Crippen molar-refractivity contribution in [1.82, 2.24) is 5.32 Å². The SMILES string of the molecule is CC(C)CCNCC1(CN)CC1. The van der Waals surface area contributed by atoms with Gasteiger partial charge in [-0.1, -0.05) is 13.8 Å². The Morgan fingerprint density at radius 2 is 2.08 bits per heavy atom. The maximum Gasteiger partial charge on any atom is 0.00199 e. The summed E-state index contributed by atoms with van der Waals surface area (Å²) in [4.78, 5) is 0. The Labute approximate surface area is 75.9 Å². The molecule has 0 aromatic heterocycles. The molecule has 1 rings (SSSR count). The van der Waals surface area contributed by atoms with Crippen LogP contribution in [0.5, 0.6) is 0 Å². The van der Waals surface area contributed by atoms with E-state index in [1.54, 1.807) is 0 Å². The van der Waals surface area contributed by atoms with Crippen LogP contribution < -0.4 is 11.1 Å². The van der Waals surface area contributed by atoms with E-state index < -0.39 is 0 Å². The van der Waals surface area contributed by atoms with Crippen LogP contribution in [0.4, 0.5) is 0 Å². The first-order valence-electron chi connectivity index (χ1n) is 5.09. The zero-order valence-corrected chi connectivity index (χ0v) is 8.40. The minimum atomic E-state index is 0.497. The van der Waals surface area contributed by atoms with Gasteiger partial charge in [-0.15, -0.1) is 0 Å². The summed E-state index contributed by atoms with van der Waals surface area (Å²) in [5.74, 6) is 0.811. The molecule has 2 nitrogen and oxygen atoms in total. The van der Waals surface area contributed by atoms with Crippen molar-refractivity contribution < 1.29 is 0 Å². The topological polar surface area (TPSA) is 38.0 Å². The molecule has 72 valence electrons. The predicted molar refractivity (Wildman–Crippen MR) is 53.0 cm³/mol. The highest BCUT2D eigenvalue weighted by Gasteiger charge is 2.40. The van der Waals surface area contributed by atoms with E-state index in [0.29, 0.717) is 5.41 Å². The molecule has 0 aliphatic heterocycles. The van der Waals surface area contributed by atoms with Crippen LogP contribution >= 0.6 is 0 Å². The van der Waals surface area contributed by atoms with Gasteiger partial charge >= 0.3 is 0 Å². The number of hydrogen-bond donors (Lipinski definition) is 2. The summed E-state index contributed by atoms with van der Waals surface area (Å²) in [6.45, 7) is 7.67. The van der Waals surface area contributed by atoms with Crippen molar-refractivity contribution >= 4 is 0 Å². The normalized spacial score (nSPS) is 20.0. The second kappa shape index (κ2) is 4.24. The van der Waals surface area contributed by atoms with Gasteiger partial charge < -0.3 is 11.1 Å². The quantitative estimate of drug-likeness (QED) is 0.591. The highest BCUT2D eigenvalue weighted by molar-refractivity contribution is 4.95.